The molecule has 3 heterocycles. The van der Waals surface area contributed by atoms with Crippen LogP contribution in [0.1, 0.15) is 13.3 Å². The zero-order valence-electron chi connectivity index (χ0n) is 15.5. The summed E-state index contributed by atoms with van der Waals surface area (Å²) in [5, 5.41) is 0.593. The number of benzene rings is 1. The van der Waals surface area contributed by atoms with Crippen molar-refractivity contribution < 1.29 is 18.0 Å². The van der Waals surface area contributed by atoms with Gasteiger partial charge in [-0.05, 0) is 18.6 Å². The number of thiazole rings is 1. The normalized spacial score (nSPS) is 25.8. The number of nitrogens with zero attached hydrogens (tertiary/aromatic N) is 4. The zero-order valence-corrected chi connectivity index (χ0v) is 17.1. The summed E-state index contributed by atoms with van der Waals surface area (Å²) < 4.78 is 29.1. The third-order valence-electron chi connectivity index (χ3n) is 5.40. The Kier molecular flexibility index (Phi) is 4.65. The highest BCUT2D eigenvalue weighted by atomic mass is 32.2. The number of primary amides is 1. The summed E-state index contributed by atoms with van der Waals surface area (Å²) in [6.45, 7) is 1.62. The molecule has 28 heavy (non-hydrogen) atoms. The minimum atomic E-state index is -3.90. The van der Waals surface area contributed by atoms with E-state index in [4.69, 9.17) is 5.73 Å². The number of hydrogen-bond acceptors (Lipinski definition) is 6. The van der Waals surface area contributed by atoms with Crippen LogP contribution >= 0.6 is 11.3 Å². The fourth-order valence-corrected chi connectivity index (χ4v) is 6.76. The highest BCUT2D eigenvalue weighted by molar-refractivity contribution is 7.86. The molecule has 9 nitrogen and oxygen atoms in total. The van der Waals surface area contributed by atoms with Crippen LogP contribution in [0.2, 0.25) is 0 Å². The van der Waals surface area contributed by atoms with Gasteiger partial charge in [-0.1, -0.05) is 30.4 Å². The van der Waals surface area contributed by atoms with E-state index in [1.807, 2.05) is 24.3 Å². The third kappa shape index (κ3) is 2.89. The predicted molar refractivity (Wildman–Crippen MR) is 106 cm³/mol. The molecule has 0 radical (unpaired) electrons. The second-order valence-corrected chi connectivity index (χ2v) is 10.1. The summed E-state index contributed by atoms with van der Waals surface area (Å²) in [5.41, 5.74) is 5.96. The molecular formula is C17H21N5O4S2. The van der Waals surface area contributed by atoms with Gasteiger partial charge in [-0.3, -0.25) is 14.5 Å². The molecule has 2 aliphatic heterocycles. The summed E-state index contributed by atoms with van der Waals surface area (Å²) in [6, 6.07) is 6.87. The lowest BCUT2D eigenvalue weighted by molar-refractivity contribution is -0.121. The Bertz CT molecular complexity index is 1020. The minimum Gasteiger partial charge on any atom is -0.369 e. The number of likely N-dealkylation sites (N-methyl/N-ethyl adjacent to an activating group) is 1. The van der Waals surface area contributed by atoms with Gasteiger partial charge in [-0.25, -0.2) is 4.98 Å². The molecule has 11 heteroatoms. The molecule has 0 unspecified atom stereocenters. The number of amides is 2. The molecule has 2 saturated heterocycles. The number of fused-ring (bicyclic) bond motifs is 2. The van der Waals surface area contributed by atoms with Crippen LogP contribution in [-0.4, -0.2) is 66.0 Å². The monoisotopic (exact) mass is 423 g/mol. The Hall–Kier alpha value is -2.08. The van der Waals surface area contributed by atoms with E-state index in [1.165, 1.54) is 22.7 Å². The average molecular weight is 424 g/mol. The van der Waals surface area contributed by atoms with Gasteiger partial charge in [0.1, 0.15) is 0 Å². The molecular weight excluding hydrogens is 402 g/mol. The quantitative estimate of drug-likeness (QED) is 0.746. The lowest BCUT2D eigenvalue weighted by Gasteiger charge is -2.29. The molecule has 150 valence electrons. The van der Waals surface area contributed by atoms with Gasteiger partial charge in [0.25, 0.3) is 10.2 Å². The molecule has 1 aromatic carbocycles. The van der Waals surface area contributed by atoms with Gasteiger partial charge in [0, 0.05) is 13.6 Å². The van der Waals surface area contributed by atoms with Crippen LogP contribution in [0.4, 0.5) is 5.13 Å². The summed E-state index contributed by atoms with van der Waals surface area (Å²) in [7, 11) is -2.58. The van der Waals surface area contributed by atoms with Crippen molar-refractivity contribution in [1.29, 1.82) is 0 Å². The van der Waals surface area contributed by atoms with Gasteiger partial charge in [0.2, 0.25) is 11.8 Å². The van der Waals surface area contributed by atoms with Crippen molar-refractivity contribution in [2.75, 3.05) is 25.0 Å². The van der Waals surface area contributed by atoms with Gasteiger partial charge in [-0.15, -0.1) is 0 Å². The van der Waals surface area contributed by atoms with Gasteiger partial charge in [-0.2, -0.15) is 17.0 Å². The van der Waals surface area contributed by atoms with Crippen molar-refractivity contribution in [2.45, 2.75) is 25.4 Å². The molecule has 2 aromatic rings. The lowest BCUT2D eigenvalue weighted by Crippen LogP contribution is -2.49. The van der Waals surface area contributed by atoms with E-state index in [0.717, 1.165) is 14.5 Å². The molecule has 3 atom stereocenters. The minimum absolute atomic E-state index is 0.133. The SMILES string of the molecule is C[C@@H]1C(=O)N(c2nc3ccccc3s2)[C@H]2CCN(S(=O)(=O)N(C)CC(N)=O)[C@H]12. The van der Waals surface area contributed by atoms with Crippen LogP contribution in [0.3, 0.4) is 0 Å². The number of hydrogen-bond donors (Lipinski definition) is 1. The topological polar surface area (TPSA) is 117 Å². The number of para-hydroxylation sites is 1. The first-order chi connectivity index (χ1) is 13.2. The first-order valence-electron chi connectivity index (χ1n) is 8.92. The molecule has 1 aromatic heterocycles. The highest BCUT2D eigenvalue weighted by Gasteiger charge is 2.56. The van der Waals surface area contributed by atoms with Crippen LogP contribution in [0.15, 0.2) is 24.3 Å². The number of aromatic nitrogens is 1. The summed E-state index contributed by atoms with van der Waals surface area (Å²) in [4.78, 5) is 30.4. The maximum atomic E-state index is 13.0. The van der Waals surface area contributed by atoms with Gasteiger partial charge in [0.15, 0.2) is 5.13 Å². The fourth-order valence-electron chi connectivity index (χ4n) is 4.11. The first-order valence-corrected chi connectivity index (χ1v) is 11.1. The summed E-state index contributed by atoms with van der Waals surface area (Å²) in [6.07, 6.45) is 0.514. The molecule has 2 aliphatic rings. The number of rotatable bonds is 5. The molecule has 0 bridgehead atoms. The van der Waals surface area contributed by atoms with Crippen molar-refractivity contribution in [3.05, 3.63) is 24.3 Å². The Morgan fingerprint density at radius 1 is 1.39 bits per heavy atom. The van der Waals surface area contributed by atoms with E-state index >= 15 is 0 Å². The van der Waals surface area contributed by atoms with Crippen molar-refractivity contribution in [3.63, 3.8) is 0 Å². The molecule has 0 aliphatic carbocycles. The van der Waals surface area contributed by atoms with Crippen LogP contribution < -0.4 is 10.6 Å². The molecule has 0 spiro atoms. The third-order valence-corrected chi connectivity index (χ3v) is 8.37. The maximum absolute atomic E-state index is 13.0. The van der Waals surface area contributed by atoms with Crippen LogP contribution in [0.25, 0.3) is 10.2 Å². The van der Waals surface area contributed by atoms with Gasteiger partial charge < -0.3 is 5.73 Å². The summed E-state index contributed by atoms with van der Waals surface area (Å²) >= 11 is 1.43. The van der Waals surface area contributed by atoms with E-state index in [2.05, 4.69) is 4.98 Å². The van der Waals surface area contributed by atoms with Crippen molar-refractivity contribution in [3.8, 4) is 0 Å². The van der Waals surface area contributed by atoms with Gasteiger partial charge >= 0.3 is 0 Å². The van der Waals surface area contributed by atoms with E-state index in [0.29, 0.717) is 11.6 Å². The van der Waals surface area contributed by atoms with Crippen molar-refractivity contribution in [1.82, 2.24) is 13.6 Å². The number of carbonyl (C=O) groups is 2. The number of carbonyl (C=O) groups excluding carboxylic acids is 2. The van der Waals surface area contributed by atoms with E-state index in [1.54, 1.807) is 11.8 Å². The van der Waals surface area contributed by atoms with Crippen LogP contribution in [0.5, 0.6) is 0 Å². The highest BCUT2D eigenvalue weighted by Crippen LogP contribution is 2.42. The Morgan fingerprint density at radius 3 is 2.79 bits per heavy atom. The second-order valence-electron chi connectivity index (χ2n) is 7.15. The van der Waals surface area contributed by atoms with E-state index < -0.39 is 34.6 Å². The van der Waals surface area contributed by atoms with E-state index in [-0.39, 0.29) is 18.5 Å². The standard InChI is InChI=1S/C17H21N5O4S2/c1-10-15-12(7-8-21(15)28(25,26)20(2)9-14(18)23)22(16(10)24)17-19-11-5-3-4-6-13(11)27-17/h3-6,10,12,15H,7-9H2,1-2H3,(H2,18,23)/t10-,12-,15+/m0/s1. The largest absolute Gasteiger partial charge is 0.369 e. The maximum Gasteiger partial charge on any atom is 0.282 e. The smallest absolute Gasteiger partial charge is 0.282 e. The Labute approximate surface area is 166 Å². The Balaban J connectivity index is 1.67. The fraction of sp³-hybridized carbons (Fsp3) is 0.471. The van der Waals surface area contributed by atoms with Crippen LogP contribution in [0, 0.1) is 5.92 Å². The number of nitrogens with two attached hydrogens (primary N) is 1. The first kappa shape index (κ1) is 19.2. The number of anilines is 1. The second kappa shape index (κ2) is 6.76. The summed E-state index contributed by atoms with van der Waals surface area (Å²) in [5.74, 6) is -1.36. The molecule has 2 amide bonds. The molecule has 4 rings (SSSR count). The average Bonchev–Trinajstić information content (AvgIpc) is 3.30. The predicted octanol–water partition coefficient (Wildman–Crippen LogP) is 0.384. The molecule has 0 saturated carbocycles. The lowest BCUT2D eigenvalue weighted by atomic mass is 10.0. The molecule has 2 fully saturated rings. The van der Waals surface area contributed by atoms with Gasteiger partial charge in [0.05, 0.1) is 34.8 Å². The molecule has 2 N–H and O–H groups in total. The van der Waals surface area contributed by atoms with Crippen LogP contribution in [-0.2, 0) is 19.8 Å². The Morgan fingerprint density at radius 2 is 2.11 bits per heavy atom. The zero-order chi connectivity index (χ0) is 20.2. The van der Waals surface area contributed by atoms with Crippen molar-refractivity contribution >= 4 is 48.7 Å². The van der Waals surface area contributed by atoms with Crippen molar-refractivity contribution in [2.24, 2.45) is 11.7 Å². The van der Waals surface area contributed by atoms with E-state index in [9.17, 15) is 18.0 Å².